The predicted molar refractivity (Wildman–Crippen MR) is 41.7 cm³/mol. The molecule has 0 aromatic carbocycles. The van der Waals surface area contributed by atoms with Gasteiger partial charge in [-0.05, 0) is 6.04 Å². The van der Waals surface area contributed by atoms with E-state index in [-0.39, 0.29) is 6.04 Å². The number of carboxylic acids is 2. The highest BCUT2D eigenvalue weighted by atomic mass is 28.3. The van der Waals surface area contributed by atoms with Crippen LogP contribution in [-0.2, 0) is 9.59 Å². The van der Waals surface area contributed by atoms with Crippen molar-refractivity contribution in [3.63, 3.8) is 0 Å². The third kappa shape index (κ3) is 4.12. The van der Waals surface area contributed by atoms with Crippen LogP contribution in [0.4, 0.5) is 0 Å². The van der Waals surface area contributed by atoms with Crippen molar-refractivity contribution in [2.45, 2.75) is 25.7 Å². The van der Waals surface area contributed by atoms with Crippen molar-refractivity contribution in [2.75, 3.05) is 0 Å². The first kappa shape index (κ1) is 11.2. The Kier molecular flexibility index (Phi) is 3.45. The molecule has 5 heteroatoms. The maximum atomic E-state index is 10.3. The van der Waals surface area contributed by atoms with Crippen molar-refractivity contribution in [1.29, 1.82) is 0 Å². The molecule has 0 amide bonds. The Labute approximate surface area is 72.2 Å². The van der Waals surface area contributed by atoms with Gasteiger partial charge in [-0.2, -0.15) is 0 Å². The summed E-state index contributed by atoms with van der Waals surface area (Å²) in [6, 6.07) is 0.164. The van der Waals surface area contributed by atoms with E-state index in [1.54, 1.807) is 0 Å². The zero-order chi connectivity index (χ0) is 9.94. The summed E-state index contributed by atoms with van der Waals surface area (Å²) >= 11 is 0. The molecule has 12 heavy (non-hydrogen) atoms. The maximum Gasteiger partial charge on any atom is 0.0498 e. The molecule has 4 nitrogen and oxygen atoms in total. The molecular weight excluding hydrogens is 176 g/mol. The van der Waals surface area contributed by atoms with Crippen LogP contribution in [0.25, 0.3) is 0 Å². The van der Waals surface area contributed by atoms with Gasteiger partial charge >= 0.3 is 0 Å². The Morgan fingerprint density at radius 1 is 1.17 bits per heavy atom. The van der Waals surface area contributed by atoms with Crippen LogP contribution in [0.3, 0.4) is 0 Å². The lowest BCUT2D eigenvalue weighted by molar-refractivity contribution is -0.330. The lowest BCUT2D eigenvalue weighted by atomic mass is 10.2. The summed E-state index contributed by atoms with van der Waals surface area (Å²) in [5, 5.41) is 20.6. The van der Waals surface area contributed by atoms with Gasteiger partial charge in [-0.25, -0.2) is 0 Å². The van der Waals surface area contributed by atoms with Gasteiger partial charge in [0.2, 0.25) is 0 Å². The van der Waals surface area contributed by atoms with Crippen LogP contribution in [-0.4, -0.2) is 20.0 Å². The van der Waals surface area contributed by atoms with Gasteiger partial charge in [0.25, 0.3) is 0 Å². The molecule has 0 aromatic heterocycles. The SMILES string of the molecule is C[Si](C)(C)CC(C(=O)[O-])C(=O)[O-]. The van der Waals surface area contributed by atoms with Gasteiger partial charge in [0, 0.05) is 25.9 Å². The summed E-state index contributed by atoms with van der Waals surface area (Å²) in [7, 11) is -1.69. The summed E-state index contributed by atoms with van der Waals surface area (Å²) < 4.78 is 0. The van der Waals surface area contributed by atoms with Gasteiger partial charge in [-0.1, -0.05) is 19.6 Å². The van der Waals surface area contributed by atoms with Crippen molar-refractivity contribution < 1.29 is 19.8 Å². The molecule has 0 bridgehead atoms. The van der Waals surface area contributed by atoms with Crippen LogP contribution in [0.5, 0.6) is 0 Å². The van der Waals surface area contributed by atoms with E-state index in [1.165, 1.54) is 0 Å². The number of hydrogen-bond acceptors (Lipinski definition) is 4. The van der Waals surface area contributed by atoms with Crippen molar-refractivity contribution in [1.82, 2.24) is 0 Å². The predicted octanol–water partition coefficient (Wildman–Crippen LogP) is -1.56. The molecule has 0 rings (SSSR count). The number of carbonyl (C=O) groups excluding carboxylic acids is 2. The molecule has 0 unspecified atom stereocenters. The topological polar surface area (TPSA) is 80.3 Å². The van der Waals surface area contributed by atoms with Gasteiger partial charge in [0.15, 0.2) is 0 Å². The van der Waals surface area contributed by atoms with E-state index in [2.05, 4.69) is 0 Å². The molecule has 0 fully saturated rings. The number of carboxylic acid groups (broad SMARTS) is 2. The molecular formula is C7H12O4Si-2. The second kappa shape index (κ2) is 3.71. The number of hydrogen-bond donors (Lipinski definition) is 0. The number of carbonyl (C=O) groups is 2. The van der Waals surface area contributed by atoms with E-state index in [0.29, 0.717) is 0 Å². The fourth-order valence-electron chi connectivity index (χ4n) is 0.875. The second-order valence-electron chi connectivity index (χ2n) is 3.96. The highest BCUT2D eigenvalue weighted by molar-refractivity contribution is 6.76. The second-order valence-corrected chi connectivity index (χ2v) is 9.49. The van der Waals surface area contributed by atoms with Crippen LogP contribution in [0.2, 0.25) is 25.7 Å². The Balaban J connectivity index is 4.35. The highest BCUT2D eigenvalue weighted by Gasteiger charge is 2.21. The van der Waals surface area contributed by atoms with E-state index >= 15 is 0 Å². The molecule has 0 saturated carbocycles. The molecule has 0 atom stereocenters. The van der Waals surface area contributed by atoms with Crippen molar-refractivity contribution in [2.24, 2.45) is 5.92 Å². The van der Waals surface area contributed by atoms with Crippen LogP contribution in [0.15, 0.2) is 0 Å². The molecule has 0 spiro atoms. The van der Waals surface area contributed by atoms with Gasteiger partial charge in [0.05, 0.1) is 0 Å². The molecule has 0 saturated heterocycles. The standard InChI is InChI=1S/C7H14O4Si/c1-12(2,3)4-5(6(8)9)7(10)11/h5H,4H2,1-3H3,(H,8,9)(H,10,11)/p-2. The smallest absolute Gasteiger partial charge is 0.0498 e. The molecule has 0 radical (unpaired) electrons. The van der Waals surface area contributed by atoms with Crippen LogP contribution >= 0.6 is 0 Å². The quantitative estimate of drug-likeness (QED) is 0.395. The lowest BCUT2D eigenvalue weighted by Gasteiger charge is -2.25. The van der Waals surface area contributed by atoms with Gasteiger partial charge in [-0.3, -0.25) is 0 Å². The van der Waals surface area contributed by atoms with Gasteiger partial charge < -0.3 is 19.8 Å². The van der Waals surface area contributed by atoms with Crippen LogP contribution < -0.4 is 10.2 Å². The van der Waals surface area contributed by atoms with Crippen molar-refractivity contribution in [3.05, 3.63) is 0 Å². The zero-order valence-corrected chi connectivity index (χ0v) is 8.42. The van der Waals surface area contributed by atoms with E-state index in [4.69, 9.17) is 0 Å². The Morgan fingerprint density at radius 2 is 1.50 bits per heavy atom. The minimum Gasteiger partial charge on any atom is -0.549 e. The summed E-state index contributed by atoms with van der Waals surface area (Å²) in [4.78, 5) is 20.6. The summed E-state index contributed by atoms with van der Waals surface area (Å²) in [5.41, 5.74) is 0. The molecule has 0 aliphatic heterocycles. The summed E-state index contributed by atoms with van der Waals surface area (Å²) in [6.07, 6.45) is 0. The molecule has 0 heterocycles. The van der Waals surface area contributed by atoms with E-state index < -0.39 is 25.9 Å². The van der Waals surface area contributed by atoms with Gasteiger partial charge in [-0.15, -0.1) is 0 Å². The van der Waals surface area contributed by atoms with E-state index in [0.717, 1.165) is 0 Å². The van der Waals surface area contributed by atoms with Crippen molar-refractivity contribution >= 4 is 20.0 Å². The summed E-state index contributed by atoms with van der Waals surface area (Å²) in [6.45, 7) is 5.68. The first-order chi connectivity index (χ1) is 5.24. The first-order valence-electron chi connectivity index (χ1n) is 3.66. The number of aliphatic carboxylic acids is 2. The molecule has 0 aliphatic rings. The highest BCUT2D eigenvalue weighted by Crippen LogP contribution is 2.15. The minimum absolute atomic E-state index is 0.164. The molecule has 0 aromatic rings. The van der Waals surface area contributed by atoms with E-state index in [1.807, 2.05) is 19.6 Å². The minimum atomic E-state index is -1.69. The Hall–Kier alpha value is -0.843. The average Bonchev–Trinajstić information content (AvgIpc) is 1.79. The van der Waals surface area contributed by atoms with Gasteiger partial charge in [0.1, 0.15) is 0 Å². The third-order valence-corrected chi connectivity index (χ3v) is 3.02. The van der Waals surface area contributed by atoms with Crippen LogP contribution in [0, 0.1) is 5.92 Å². The molecule has 70 valence electrons. The lowest BCUT2D eigenvalue weighted by Crippen LogP contribution is -2.46. The number of rotatable bonds is 4. The summed E-state index contributed by atoms with van der Waals surface area (Å²) in [5.74, 6) is -4.54. The largest absolute Gasteiger partial charge is 0.549 e. The molecule has 0 aliphatic carbocycles. The zero-order valence-electron chi connectivity index (χ0n) is 7.42. The molecule has 0 N–H and O–H groups in total. The maximum absolute atomic E-state index is 10.3. The monoisotopic (exact) mass is 188 g/mol. The fourth-order valence-corrected chi connectivity index (χ4v) is 2.43. The van der Waals surface area contributed by atoms with Crippen LogP contribution in [0.1, 0.15) is 0 Å². The first-order valence-corrected chi connectivity index (χ1v) is 7.36. The van der Waals surface area contributed by atoms with Crippen molar-refractivity contribution in [3.8, 4) is 0 Å². The Morgan fingerprint density at radius 3 is 1.58 bits per heavy atom. The normalized spacial score (nSPS) is 11.7. The fraction of sp³-hybridized carbons (Fsp3) is 0.714. The third-order valence-electron chi connectivity index (χ3n) is 1.39. The average molecular weight is 188 g/mol. The Bertz CT molecular complexity index is 180. The van der Waals surface area contributed by atoms with E-state index in [9.17, 15) is 19.8 Å².